The minimum atomic E-state index is -2.23. The number of methoxy groups -OCH3 is 2. The molecule has 10 nitrogen and oxygen atoms in total. The molecule has 0 radical (unpaired) electrons. The van der Waals surface area contributed by atoms with E-state index in [1.807, 2.05) is 18.2 Å². The molecular weight excluding hydrogens is 572 g/mol. The molecule has 1 saturated heterocycles. The van der Waals surface area contributed by atoms with Crippen LogP contribution in [0.3, 0.4) is 0 Å². The predicted molar refractivity (Wildman–Crippen MR) is 165 cm³/mol. The van der Waals surface area contributed by atoms with Crippen molar-refractivity contribution in [2.24, 2.45) is 0 Å². The van der Waals surface area contributed by atoms with E-state index in [9.17, 15) is 9.90 Å². The first-order valence-electron chi connectivity index (χ1n) is 14.1. The van der Waals surface area contributed by atoms with E-state index in [2.05, 4.69) is 38.9 Å². The maximum atomic E-state index is 15.2. The van der Waals surface area contributed by atoms with Crippen LogP contribution in [0.1, 0.15) is 25.2 Å². The number of nitrogens with one attached hydrogen (secondary N) is 2. The molecule has 44 heavy (non-hydrogen) atoms. The molecule has 1 atom stereocenters. The number of furan rings is 1. The summed E-state index contributed by atoms with van der Waals surface area (Å²) in [6.45, 7) is 11.6. The van der Waals surface area contributed by atoms with Crippen LogP contribution >= 0.6 is 0 Å². The number of pyridine rings is 1. The van der Waals surface area contributed by atoms with E-state index in [-0.39, 0.29) is 28.7 Å². The minimum absolute atomic E-state index is 0.119. The third-order valence-corrected chi connectivity index (χ3v) is 7.84. The first-order chi connectivity index (χ1) is 21.1. The van der Waals surface area contributed by atoms with E-state index in [0.29, 0.717) is 22.6 Å². The second-order valence-electron chi connectivity index (χ2n) is 10.5. The molecule has 0 saturated carbocycles. The average molecular weight is 608 g/mol. The number of rotatable bonds is 10. The van der Waals surface area contributed by atoms with Gasteiger partial charge in [0, 0.05) is 43.3 Å². The van der Waals surface area contributed by atoms with Crippen molar-refractivity contribution in [3.05, 3.63) is 78.2 Å². The second-order valence-corrected chi connectivity index (χ2v) is 10.5. The van der Waals surface area contributed by atoms with Gasteiger partial charge in [0.15, 0.2) is 34.3 Å². The van der Waals surface area contributed by atoms with Crippen LogP contribution in [0.15, 0.2) is 59.7 Å². The van der Waals surface area contributed by atoms with E-state index in [4.69, 9.17) is 13.9 Å². The molecular formula is C32H35F2N5O5. The minimum Gasteiger partial charge on any atom is -0.494 e. The van der Waals surface area contributed by atoms with Crippen molar-refractivity contribution < 1.29 is 32.6 Å². The number of anilines is 4. The molecule has 1 aliphatic heterocycles. The lowest BCUT2D eigenvalue weighted by atomic mass is 9.91. The number of nitrogens with zero attached hydrogens (tertiary/aromatic N) is 3. The van der Waals surface area contributed by atoms with Crippen LogP contribution < -0.4 is 25.0 Å². The van der Waals surface area contributed by atoms with Crippen molar-refractivity contribution in [3.8, 4) is 11.5 Å². The van der Waals surface area contributed by atoms with Gasteiger partial charge in [0.25, 0.3) is 0 Å². The molecule has 2 aromatic heterocycles. The van der Waals surface area contributed by atoms with E-state index in [1.54, 1.807) is 6.07 Å². The van der Waals surface area contributed by atoms with Gasteiger partial charge in [-0.05, 0) is 49.9 Å². The van der Waals surface area contributed by atoms with E-state index >= 15 is 8.78 Å². The Labute approximate surface area is 253 Å². The SMILES string of the molecule is C=CC(=O)Nc1cc(N2CCN(CC)CC2)ccc1Nc1cc2cc(C(C)(O)c3c(F)c(OC)cc(OC)c3F)oc2cn1. The largest absolute Gasteiger partial charge is 0.494 e. The van der Waals surface area contributed by atoms with Crippen LogP contribution in [0, 0.1) is 11.6 Å². The first-order valence-corrected chi connectivity index (χ1v) is 14.1. The van der Waals surface area contributed by atoms with Gasteiger partial charge in [-0.3, -0.25) is 4.79 Å². The smallest absolute Gasteiger partial charge is 0.247 e. The standard InChI is InChI=1S/C32H35F2N5O5/c1-6-28(40)37-22-16-20(39-12-10-38(7-2)11-13-39)8-9-21(22)36-27-15-19-14-26(44-25(19)18-35-27)32(3,41)29-30(33)23(42-4)17-24(43-5)31(29)34/h6,8-9,14-18,41H,1,7,10-13H2,2-5H3,(H,35,36)(H,37,40). The highest BCUT2D eigenvalue weighted by atomic mass is 19.1. The number of piperazine rings is 1. The van der Waals surface area contributed by atoms with Gasteiger partial charge in [-0.25, -0.2) is 13.8 Å². The van der Waals surface area contributed by atoms with Gasteiger partial charge in [-0.1, -0.05) is 13.5 Å². The average Bonchev–Trinajstić information content (AvgIpc) is 3.46. The van der Waals surface area contributed by atoms with Crippen LogP contribution in [0.5, 0.6) is 11.5 Å². The highest BCUT2D eigenvalue weighted by molar-refractivity contribution is 6.02. The zero-order valence-corrected chi connectivity index (χ0v) is 25.0. The van der Waals surface area contributed by atoms with Gasteiger partial charge >= 0.3 is 0 Å². The van der Waals surface area contributed by atoms with Crippen molar-refractivity contribution in [3.63, 3.8) is 0 Å². The zero-order valence-electron chi connectivity index (χ0n) is 25.0. The Kier molecular flexibility index (Phi) is 8.75. The van der Waals surface area contributed by atoms with Crippen molar-refractivity contribution in [2.45, 2.75) is 19.4 Å². The molecule has 0 bridgehead atoms. The maximum Gasteiger partial charge on any atom is 0.247 e. The van der Waals surface area contributed by atoms with Crippen LogP contribution in [0.4, 0.5) is 31.7 Å². The number of aliphatic hydroxyl groups is 1. The highest BCUT2D eigenvalue weighted by Gasteiger charge is 2.39. The van der Waals surface area contributed by atoms with Crippen molar-refractivity contribution in [2.75, 3.05) is 62.5 Å². The molecule has 4 aromatic rings. The lowest BCUT2D eigenvalue weighted by Crippen LogP contribution is -2.46. The lowest BCUT2D eigenvalue weighted by Gasteiger charge is -2.35. The molecule has 12 heteroatoms. The molecule has 2 aromatic carbocycles. The summed E-state index contributed by atoms with van der Waals surface area (Å²) in [5, 5.41) is 18.0. The summed E-state index contributed by atoms with van der Waals surface area (Å²) in [7, 11) is 2.45. The molecule has 3 heterocycles. The summed E-state index contributed by atoms with van der Waals surface area (Å²) >= 11 is 0. The number of hydrogen-bond acceptors (Lipinski definition) is 9. The number of amides is 1. The summed E-state index contributed by atoms with van der Waals surface area (Å²) < 4.78 is 46.3. The van der Waals surface area contributed by atoms with Crippen LogP contribution in [-0.4, -0.2) is 67.8 Å². The fourth-order valence-corrected chi connectivity index (χ4v) is 5.28. The van der Waals surface area contributed by atoms with Crippen molar-refractivity contribution >= 4 is 39.8 Å². The fraction of sp³-hybridized carbons (Fsp3) is 0.312. The monoisotopic (exact) mass is 607 g/mol. The van der Waals surface area contributed by atoms with Gasteiger partial charge in [-0.15, -0.1) is 0 Å². The third kappa shape index (κ3) is 5.90. The number of fused-ring (bicyclic) bond motifs is 1. The molecule has 1 amide bonds. The third-order valence-electron chi connectivity index (χ3n) is 7.84. The number of aromatic nitrogens is 1. The Morgan fingerprint density at radius 3 is 2.39 bits per heavy atom. The Morgan fingerprint density at radius 2 is 1.77 bits per heavy atom. The molecule has 3 N–H and O–H groups in total. The van der Waals surface area contributed by atoms with Gasteiger partial charge in [-0.2, -0.15) is 0 Å². The molecule has 5 rings (SSSR count). The predicted octanol–water partition coefficient (Wildman–Crippen LogP) is 5.39. The molecule has 1 unspecified atom stereocenters. The summed E-state index contributed by atoms with van der Waals surface area (Å²) in [4.78, 5) is 21.3. The maximum absolute atomic E-state index is 15.2. The topological polar surface area (TPSA) is 112 Å². The fourth-order valence-electron chi connectivity index (χ4n) is 5.28. The summed E-state index contributed by atoms with van der Waals surface area (Å²) in [5.41, 5.74) is -0.527. The van der Waals surface area contributed by atoms with Gasteiger partial charge in [0.2, 0.25) is 5.91 Å². The molecule has 232 valence electrons. The van der Waals surface area contributed by atoms with Gasteiger partial charge in [0.1, 0.15) is 11.6 Å². The van der Waals surface area contributed by atoms with Gasteiger partial charge in [0.05, 0.1) is 37.4 Å². The Hall–Kier alpha value is -4.68. The van der Waals surface area contributed by atoms with E-state index in [0.717, 1.165) is 44.5 Å². The number of hydrogen-bond donors (Lipinski definition) is 3. The summed E-state index contributed by atoms with van der Waals surface area (Å²) in [5.74, 6) is -2.83. The van der Waals surface area contributed by atoms with Crippen LogP contribution in [0.25, 0.3) is 11.0 Å². The summed E-state index contributed by atoms with van der Waals surface area (Å²) in [6, 6.07) is 9.95. The number of ether oxygens (including phenoxy) is 2. The van der Waals surface area contributed by atoms with Crippen molar-refractivity contribution in [1.82, 2.24) is 9.88 Å². The first kappa shape index (κ1) is 30.8. The van der Waals surface area contributed by atoms with E-state index < -0.39 is 22.8 Å². The highest BCUT2D eigenvalue weighted by Crippen LogP contribution is 2.42. The second kappa shape index (κ2) is 12.5. The molecule has 1 aliphatic rings. The number of carbonyl (C=O) groups is 1. The number of carbonyl (C=O) groups excluding carboxylic acids is 1. The Balaban J connectivity index is 1.46. The van der Waals surface area contributed by atoms with Gasteiger partial charge < -0.3 is 39.4 Å². The Morgan fingerprint density at radius 1 is 1.09 bits per heavy atom. The number of halogens is 2. The summed E-state index contributed by atoms with van der Waals surface area (Å²) in [6.07, 6.45) is 2.63. The van der Waals surface area contributed by atoms with Crippen LogP contribution in [-0.2, 0) is 10.4 Å². The van der Waals surface area contributed by atoms with E-state index in [1.165, 1.54) is 39.5 Å². The molecule has 0 spiro atoms. The lowest BCUT2D eigenvalue weighted by molar-refractivity contribution is -0.111. The molecule has 1 fully saturated rings. The van der Waals surface area contributed by atoms with Crippen molar-refractivity contribution in [1.29, 1.82) is 0 Å². The normalized spacial score (nSPS) is 15.1. The number of benzene rings is 2. The molecule has 0 aliphatic carbocycles. The quantitative estimate of drug-likeness (QED) is 0.204. The Bertz CT molecular complexity index is 1670. The van der Waals surface area contributed by atoms with Crippen LogP contribution in [0.2, 0.25) is 0 Å². The zero-order chi connectivity index (χ0) is 31.6. The number of likely N-dealkylation sites (N-methyl/N-ethyl adjacent to an activating group) is 1.